The van der Waals surface area contributed by atoms with E-state index in [1.54, 1.807) is 0 Å². The van der Waals surface area contributed by atoms with E-state index in [1.807, 2.05) is 0 Å². The van der Waals surface area contributed by atoms with Crippen LogP contribution < -0.4 is 0 Å². The molecule has 0 saturated heterocycles. The minimum absolute atomic E-state index is 0.597. The van der Waals surface area contributed by atoms with Crippen LogP contribution in [0.1, 0.15) is 13.8 Å². The van der Waals surface area contributed by atoms with E-state index >= 15 is 0 Å². The minimum atomic E-state index is -1.36. The third kappa shape index (κ3) is 14.1. The van der Waals surface area contributed by atoms with Gasteiger partial charge in [0.15, 0.2) is 8.32 Å². The Morgan fingerprint density at radius 2 is 1.40 bits per heavy atom. The molecule has 92 valence electrons. The number of ether oxygens (including phenoxy) is 2. The number of rotatable bonds is 9. The molecule has 3 nitrogen and oxygen atoms in total. The lowest BCUT2D eigenvalue weighted by molar-refractivity contribution is 0.0275. The molecular formula is C11H26O3Si. The fourth-order valence-electron chi connectivity index (χ4n) is 0.946. The van der Waals surface area contributed by atoms with Crippen molar-refractivity contribution in [3.05, 3.63) is 0 Å². The summed E-state index contributed by atoms with van der Waals surface area (Å²) in [6.07, 6.45) is 0. The first-order valence-electron chi connectivity index (χ1n) is 5.71. The molecule has 0 aromatic heterocycles. The molecule has 4 heteroatoms. The van der Waals surface area contributed by atoms with E-state index in [0.29, 0.717) is 32.3 Å². The molecule has 0 amide bonds. The summed E-state index contributed by atoms with van der Waals surface area (Å²) in [6.45, 7) is 14.4. The Hall–Kier alpha value is 0.0969. The fourth-order valence-corrected chi connectivity index (χ4v) is 1.64. The molecule has 0 rings (SSSR count). The van der Waals surface area contributed by atoms with E-state index in [1.165, 1.54) is 0 Å². The van der Waals surface area contributed by atoms with E-state index in [-0.39, 0.29) is 0 Å². The van der Waals surface area contributed by atoms with E-state index in [0.717, 1.165) is 6.61 Å². The standard InChI is InChI=1S/C11H26O3Si/c1-11(2)10-13-7-6-12-8-9-14-15(3,4)5/h11H,6-10H2,1-5H3. The summed E-state index contributed by atoms with van der Waals surface area (Å²) in [5.41, 5.74) is 0. The minimum Gasteiger partial charge on any atom is -0.415 e. The van der Waals surface area contributed by atoms with Crippen molar-refractivity contribution in [3.63, 3.8) is 0 Å². The van der Waals surface area contributed by atoms with Crippen LogP contribution in [0.3, 0.4) is 0 Å². The van der Waals surface area contributed by atoms with Gasteiger partial charge in [0.1, 0.15) is 0 Å². The monoisotopic (exact) mass is 234 g/mol. The molecule has 0 atom stereocenters. The summed E-state index contributed by atoms with van der Waals surface area (Å²) < 4.78 is 16.4. The molecule has 0 heterocycles. The third-order valence-electron chi connectivity index (χ3n) is 1.59. The van der Waals surface area contributed by atoms with Crippen molar-refractivity contribution in [3.8, 4) is 0 Å². The Bertz CT molecular complexity index is 143. The van der Waals surface area contributed by atoms with Crippen molar-refractivity contribution in [1.82, 2.24) is 0 Å². The summed E-state index contributed by atoms with van der Waals surface area (Å²) in [7, 11) is -1.36. The van der Waals surface area contributed by atoms with Crippen molar-refractivity contribution in [1.29, 1.82) is 0 Å². The second-order valence-electron chi connectivity index (χ2n) is 5.04. The fraction of sp³-hybridized carbons (Fsp3) is 1.00. The summed E-state index contributed by atoms with van der Waals surface area (Å²) in [5.74, 6) is 0.597. The first-order valence-corrected chi connectivity index (χ1v) is 9.12. The topological polar surface area (TPSA) is 27.7 Å². The maximum atomic E-state index is 5.65. The zero-order chi connectivity index (χ0) is 11.7. The van der Waals surface area contributed by atoms with Crippen LogP contribution in [0.5, 0.6) is 0 Å². The van der Waals surface area contributed by atoms with Crippen LogP contribution in [-0.2, 0) is 13.9 Å². The van der Waals surface area contributed by atoms with Gasteiger partial charge in [-0.25, -0.2) is 0 Å². The molecule has 0 N–H and O–H groups in total. The first-order chi connectivity index (χ1) is 6.92. The molecule has 0 aliphatic rings. The highest BCUT2D eigenvalue weighted by Gasteiger charge is 2.12. The first kappa shape index (κ1) is 15.1. The highest BCUT2D eigenvalue weighted by Crippen LogP contribution is 2.01. The van der Waals surface area contributed by atoms with Crippen molar-refractivity contribution in [2.45, 2.75) is 33.5 Å². The van der Waals surface area contributed by atoms with Gasteiger partial charge in [0, 0.05) is 6.61 Å². The number of hydrogen-bond acceptors (Lipinski definition) is 3. The highest BCUT2D eigenvalue weighted by atomic mass is 28.4. The zero-order valence-corrected chi connectivity index (χ0v) is 11.8. The Kier molecular flexibility index (Phi) is 8.33. The SMILES string of the molecule is CC(C)COCCOCCO[Si](C)(C)C. The van der Waals surface area contributed by atoms with Gasteiger partial charge >= 0.3 is 0 Å². The molecule has 0 fully saturated rings. The Morgan fingerprint density at radius 1 is 0.867 bits per heavy atom. The molecule has 0 aromatic carbocycles. The van der Waals surface area contributed by atoms with Gasteiger partial charge in [-0.1, -0.05) is 13.8 Å². The van der Waals surface area contributed by atoms with Crippen LogP contribution in [0.15, 0.2) is 0 Å². The third-order valence-corrected chi connectivity index (χ3v) is 2.66. The molecule has 0 spiro atoms. The maximum Gasteiger partial charge on any atom is 0.183 e. The lowest BCUT2D eigenvalue weighted by Crippen LogP contribution is -2.27. The van der Waals surface area contributed by atoms with Crippen molar-refractivity contribution in [2.75, 3.05) is 33.0 Å². The quantitative estimate of drug-likeness (QED) is 0.453. The molecule has 0 aliphatic heterocycles. The van der Waals surface area contributed by atoms with Gasteiger partial charge in [-0.15, -0.1) is 0 Å². The summed E-state index contributed by atoms with van der Waals surface area (Å²) in [6, 6.07) is 0. The van der Waals surface area contributed by atoms with E-state index < -0.39 is 8.32 Å². The predicted octanol–water partition coefficient (Wildman–Crippen LogP) is 2.53. The molecule has 0 aliphatic carbocycles. The Morgan fingerprint density at radius 3 is 1.93 bits per heavy atom. The van der Waals surface area contributed by atoms with E-state index in [4.69, 9.17) is 13.9 Å². The van der Waals surface area contributed by atoms with Crippen molar-refractivity contribution in [2.24, 2.45) is 5.92 Å². The molecular weight excluding hydrogens is 208 g/mol. The zero-order valence-electron chi connectivity index (χ0n) is 10.8. The van der Waals surface area contributed by atoms with Gasteiger partial charge < -0.3 is 13.9 Å². The van der Waals surface area contributed by atoms with Gasteiger partial charge in [-0.05, 0) is 25.6 Å². The average molecular weight is 234 g/mol. The van der Waals surface area contributed by atoms with Crippen LogP contribution in [0.2, 0.25) is 19.6 Å². The van der Waals surface area contributed by atoms with Gasteiger partial charge in [0.2, 0.25) is 0 Å². The van der Waals surface area contributed by atoms with Gasteiger partial charge in [0.25, 0.3) is 0 Å². The van der Waals surface area contributed by atoms with Gasteiger partial charge in [0.05, 0.1) is 26.4 Å². The van der Waals surface area contributed by atoms with E-state index in [2.05, 4.69) is 33.5 Å². The summed E-state index contributed by atoms with van der Waals surface area (Å²) in [5, 5.41) is 0. The van der Waals surface area contributed by atoms with Crippen molar-refractivity contribution >= 4 is 8.32 Å². The van der Waals surface area contributed by atoms with Crippen LogP contribution >= 0.6 is 0 Å². The maximum absolute atomic E-state index is 5.65. The lowest BCUT2D eigenvalue weighted by Gasteiger charge is -2.16. The van der Waals surface area contributed by atoms with Gasteiger partial charge in [-0.2, -0.15) is 0 Å². The normalized spacial score (nSPS) is 12.4. The van der Waals surface area contributed by atoms with Gasteiger partial charge in [-0.3, -0.25) is 0 Å². The smallest absolute Gasteiger partial charge is 0.183 e. The molecule has 0 bridgehead atoms. The Labute approximate surface area is 95.2 Å². The predicted molar refractivity (Wildman–Crippen MR) is 65.8 cm³/mol. The highest BCUT2D eigenvalue weighted by molar-refractivity contribution is 6.69. The van der Waals surface area contributed by atoms with Crippen LogP contribution in [0.25, 0.3) is 0 Å². The van der Waals surface area contributed by atoms with Crippen LogP contribution in [0.4, 0.5) is 0 Å². The second-order valence-corrected chi connectivity index (χ2v) is 9.56. The summed E-state index contributed by atoms with van der Waals surface area (Å²) in [4.78, 5) is 0. The van der Waals surface area contributed by atoms with E-state index in [9.17, 15) is 0 Å². The molecule has 0 aromatic rings. The molecule has 15 heavy (non-hydrogen) atoms. The number of hydrogen-bond donors (Lipinski definition) is 0. The summed E-state index contributed by atoms with van der Waals surface area (Å²) >= 11 is 0. The van der Waals surface area contributed by atoms with Crippen molar-refractivity contribution < 1.29 is 13.9 Å². The lowest BCUT2D eigenvalue weighted by atomic mass is 10.2. The second kappa shape index (κ2) is 8.27. The molecule has 0 saturated carbocycles. The Balaban J connectivity index is 3.06. The van der Waals surface area contributed by atoms with Crippen LogP contribution in [-0.4, -0.2) is 41.4 Å². The average Bonchev–Trinajstić information content (AvgIpc) is 2.07. The largest absolute Gasteiger partial charge is 0.415 e. The molecule has 0 radical (unpaired) electrons. The molecule has 0 unspecified atom stereocenters. The van der Waals surface area contributed by atoms with Crippen LogP contribution in [0, 0.1) is 5.92 Å².